The van der Waals surface area contributed by atoms with Gasteiger partial charge in [0, 0.05) is 30.1 Å². The molecule has 0 radical (unpaired) electrons. The average molecular weight is 564 g/mol. The second kappa shape index (κ2) is 15.0. The second-order valence-corrected chi connectivity index (χ2v) is 9.36. The van der Waals surface area contributed by atoms with Crippen molar-refractivity contribution in [2.45, 2.75) is 50.7 Å². The molecule has 0 spiro atoms. The molecule has 2 atom stereocenters. The van der Waals surface area contributed by atoms with E-state index in [2.05, 4.69) is 32.9 Å². The van der Waals surface area contributed by atoms with Crippen LogP contribution in [0.15, 0.2) is 94.9 Å². The average Bonchev–Trinajstić information content (AvgIpc) is 3.40. The summed E-state index contributed by atoms with van der Waals surface area (Å²) in [6, 6.07) is 25.3. The fourth-order valence-electron chi connectivity index (χ4n) is 4.76. The molecule has 3 aromatic rings. The van der Waals surface area contributed by atoms with Gasteiger partial charge >= 0.3 is 16.5 Å². The maximum Gasteiger partial charge on any atom is 2.00 e. The molecule has 0 aliphatic carbocycles. The minimum Gasteiger partial charge on any atom is -0.861 e. The van der Waals surface area contributed by atoms with Gasteiger partial charge in [0.25, 0.3) is 0 Å². The first-order valence-electron chi connectivity index (χ1n) is 13.0. The van der Waals surface area contributed by atoms with E-state index in [1.54, 1.807) is 6.07 Å². The molecule has 1 aliphatic heterocycles. The maximum atomic E-state index is 13.5. The molecule has 4 rings (SSSR count). The summed E-state index contributed by atoms with van der Waals surface area (Å²) in [5.74, 6) is 1.07. The van der Waals surface area contributed by atoms with Crippen molar-refractivity contribution >= 4 is 23.3 Å². The minimum atomic E-state index is -1.26. The summed E-state index contributed by atoms with van der Waals surface area (Å²) >= 11 is 0. The third-order valence-corrected chi connectivity index (χ3v) is 6.67. The molecule has 0 bridgehead atoms. The van der Waals surface area contributed by atoms with Gasteiger partial charge in [0.15, 0.2) is 0 Å². The van der Waals surface area contributed by atoms with Gasteiger partial charge in [-0.05, 0) is 49.8 Å². The molecule has 1 fully saturated rings. The van der Waals surface area contributed by atoms with E-state index in [1.165, 1.54) is 0 Å². The number of carbonyl (C=O) groups is 1. The number of aliphatic imine (C=N–C) groups is 2. The molecule has 0 unspecified atom stereocenters. The quantitative estimate of drug-likeness (QED) is 0.117. The zero-order valence-corrected chi connectivity index (χ0v) is 22.6. The number of hydrogen-bond acceptors (Lipinski definition) is 6. The van der Waals surface area contributed by atoms with Crippen LogP contribution in [0.1, 0.15) is 48.8 Å². The van der Waals surface area contributed by atoms with Crippen LogP contribution in [0.25, 0.3) is 0 Å². The maximum absolute atomic E-state index is 13.5. The topological polar surface area (TPSA) is 91.2 Å². The van der Waals surface area contributed by atoms with Crippen LogP contribution in [0.5, 0.6) is 0 Å². The van der Waals surface area contributed by atoms with Crippen molar-refractivity contribution in [2.75, 3.05) is 6.54 Å². The Morgan fingerprint density at radius 1 is 1.00 bits per heavy atom. The Morgan fingerprint density at radius 2 is 1.67 bits per heavy atom. The number of terminal acetylenes is 1. The van der Waals surface area contributed by atoms with Gasteiger partial charge in [0.05, 0.1) is 23.4 Å². The van der Waals surface area contributed by atoms with E-state index in [4.69, 9.17) is 6.42 Å². The Labute approximate surface area is 240 Å². The fraction of sp³-hybridized carbons (Fsp3) is 0.281. The predicted molar refractivity (Wildman–Crippen MR) is 147 cm³/mol. The van der Waals surface area contributed by atoms with Crippen molar-refractivity contribution in [3.8, 4) is 12.3 Å². The van der Waals surface area contributed by atoms with Crippen molar-refractivity contribution in [2.24, 2.45) is 9.98 Å². The Morgan fingerprint density at radius 3 is 2.36 bits per heavy atom. The normalized spacial score (nSPS) is 16.7. The summed E-state index contributed by atoms with van der Waals surface area (Å²) < 4.78 is 0. The van der Waals surface area contributed by atoms with E-state index in [-0.39, 0.29) is 34.9 Å². The number of rotatable bonds is 11. The molecular weight excluding hydrogens is 533 g/mol. The molecular formula is C32H31N3NiO3. The van der Waals surface area contributed by atoms with Gasteiger partial charge in [-0.3, -0.25) is 14.9 Å². The fourth-order valence-corrected chi connectivity index (χ4v) is 4.76. The Kier molecular flexibility index (Phi) is 11.5. The Balaban J connectivity index is 0.00000420. The van der Waals surface area contributed by atoms with Gasteiger partial charge in [-0.1, -0.05) is 78.9 Å². The molecule has 202 valence electrons. The van der Waals surface area contributed by atoms with Crippen LogP contribution in [0.4, 0.5) is 5.69 Å². The van der Waals surface area contributed by atoms with E-state index < -0.39 is 12.0 Å². The van der Waals surface area contributed by atoms with Crippen molar-refractivity contribution in [1.82, 2.24) is 4.90 Å². The smallest absolute Gasteiger partial charge is 0.861 e. The van der Waals surface area contributed by atoms with E-state index in [1.807, 2.05) is 66.7 Å². The van der Waals surface area contributed by atoms with Crippen LogP contribution in [0.3, 0.4) is 0 Å². The number of benzene rings is 3. The first-order chi connectivity index (χ1) is 18.6. The Bertz CT molecular complexity index is 1320. The molecule has 1 heterocycles. The molecule has 7 heteroatoms. The van der Waals surface area contributed by atoms with E-state index in [9.17, 15) is 15.0 Å². The van der Waals surface area contributed by atoms with Crippen LogP contribution in [-0.2, 0) is 27.8 Å². The number of nitrogens with zero attached hydrogens (tertiary/aromatic N) is 3. The van der Waals surface area contributed by atoms with Gasteiger partial charge in [0.1, 0.15) is 0 Å². The summed E-state index contributed by atoms with van der Waals surface area (Å²) in [6.45, 7) is 1.53. The van der Waals surface area contributed by atoms with E-state index >= 15 is 0 Å². The number of hydrogen-bond donors (Lipinski definition) is 0. The number of carboxylic acids is 1. The zero-order chi connectivity index (χ0) is 26.7. The molecule has 0 N–H and O–H groups in total. The first-order valence-corrected chi connectivity index (χ1v) is 13.0. The zero-order valence-electron chi connectivity index (χ0n) is 21.6. The number of para-hydroxylation sites is 1. The third kappa shape index (κ3) is 8.13. The molecule has 0 aromatic heterocycles. The third-order valence-electron chi connectivity index (χ3n) is 6.67. The minimum absolute atomic E-state index is 0. The standard InChI is InChI=1S/C32H33N3O3.Ni/c1-2-3-6-20-28(32(37)38)33-30(25-16-9-5-10-17-25)26-18-11-12-19-27(26)34-31(36)29-21-13-22-35(29)23-24-14-7-4-8-15-24;/h1,4-5,7-12,14-19,28-29H,3,6,13,20-23H2,(H,34,36)(H,37,38);/q;+2/p-2/t28-,29-;/m0./s1. The monoisotopic (exact) mass is 563 g/mol. The molecule has 0 saturated carbocycles. The first kappa shape index (κ1) is 29.8. The van der Waals surface area contributed by atoms with Crippen molar-refractivity contribution in [3.05, 3.63) is 102 Å². The summed E-state index contributed by atoms with van der Waals surface area (Å²) in [7, 11) is 0. The summed E-state index contributed by atoms with van der Waals surface area (Å²) in [5.41, 5.74) is 3.41. The summed E-state index contributed by atoms with van der Waals surface area (Å²) in [6.07, 6.45) is 8.27. The van der Waals surface area contributed by atoms with Crippen molar-refractivity contribution in [3.63, 3.8) is 0 Å². The van der Waals surface area contributed by atoms with Gasteiger partial charge in [0.2, 0.25) is 0 Å². The Hall–Kier alpha value is -3.72. The number of carboxylic acid groups (broad SMARTS) is 1. The number of likely N-dealkylation sites (tertiary alicyclic amines) is 1. The van der Waals surface area contributed by atoms with Crippen LogP contribution in [0.2, 0.25) is 0 Å². The molecule has 6 nitrogen and oxygen atoms in total. The van der Waals surface area contributed by atoms with E-state index in [0.29, 0.717) is 36.3 Å². The molecule has 0 amide bonds. The largest absolute Gasteiger partial charge is 2.00 e. The van der Waals surface area contributed by atoms with Crippen LogP contribution in [0, 0.1) is 12.3 Å². The van der Waals surface area contributed by atoms with Crippen molar-refractivity contribution in [1.29, 1.82) is 0 Å². The van der Waals surface area contributed by atoms with Crippen LogP contribution in [-0.4, -0.2) is 41.1 Å². The number of unbranched alkanes of at least 4 members (excludes halogenated alkanes) is 1. The summed E-state index contributed by atoms with van der Waals surface area (Å²) in [4.78, 5) is 23.3. The molecule has 1 saturated heterocycles. The van der Waals surface area contributed by atoms with Crippen molar-refractivity contribution < 1.29 is 31.5 Å². The predicted octanol–water partition coefficient (Wildman–Crippen LogP) is 3.50. The molecule has 1 aliphatic rings. The van der Waals surface area contributed by atoms with E-state index in [0.717, 1.165) is 30.5 Å². The second-order valence-electron chi connectivity index (χ2n) is 9.36. The number of aliphatic carboxylic acids is 1. The van der Waals surface area contributed by atoms with Gasteiger partial charge < -0.3 is 15.0 Å². The SMILES string of the molecule is C#CCCC[C@H](N=C(c1ccccc1)c1ccccc1N=C([O-])[C@@H]1CCCN1Cc1ccccc1)C(=O)[O-].[Ni+2]. The van der Waals surface area contributed by atoms with Gasteiger partial charge in [-0.2, -0.15) is 0 Å². The summed E-state index contributed by atoms with van der Waals surface area (Å²) in [5, 5.41) is 25.4. The van der Waals surface area contributed by atoms with Crippen LogP contribution < -0.4 is 10.2 Å². The number of carbonyl (C=O) groups excluding carboxylic acids is 1. The van der Waals surface area contributed by atoms with Gasteiger partial charge in [-0.15, -0.1) is 12.3 Å². The van der Waals surface area contributed by atoms with Crippen LogP contribution >= 0.6 is 0 Å². The van der Waals surface area contributed by atoms with Gasteiger partial charge in [-0.25, -0.2) is 0 Å². The molecule has 39 heavy (non-hydrogen) atoms. The molecule has 3 aromatic carbocycles.